The molecule has 0 heterocycles. The van der Waals surface area contributed by atoms with E-state index in [4.69, 9.17) is 15.9 Å². The Hall–Kier alpha value is -2.10. The first-order valence-corrected chi connectivity index (χ1v) is 4.84. The molecular formula is C12H14N2O2. The number of hydrogen-bond acceptors (Lipinski definition) is 3. The van der Waals surface area contributed by atoms with Gasteiger partial charge in [-0.05, 0) is 38.1 Å². The fourth-order valence-electron chi connectivity index (χ4n) is 1.01. The van der Waals surface area contributed by atoms with Gasteiger partial charge in [0.2, 0.25) is 0 Å². The van der Waals surface area contributed by atoms with Gasteiger partial charge in [-0.25, -0.2) is 4.79 Å². The van der Waals surface area contributed by atoms with Gasteiger partial charge < -0.3 is 10.5 Å². The molecule has 16 heavy (non-hydrogen) atoms. The SMILES string of the molecule is CC=C(C)C(=O)Oc1ccc(C(=N)N)cc1. The maximum atomic E-state index is 11.4. The van der Waals surface area contributed by atoms with E-state index in [1.54, 1.807) is 44.2 Å². The summed E-state index contributed by atoms with van der Waals surface area (Å²) in [4.78, 5) is 11.4. The number of hydrogen-bond donors (Lipinski definition) is 2. The van der Waals surface area contributed by atoms with Gasteiger partial charge in [0.1, 0.15) is 11.6 Å². The van der Waals surface area contributed by atoms with Crippen LogP contribution in [0.4, 0.5) is 0 Å². The standard InChI is InChI=1S/C12H14N2O2/c1-3-8(2)12(15)16-10-6-4-9(5-7-10)11(13)14/h3-7H,1-2H3,(H3,13,14). The van der Waals surface area contributed by atoms with Gasteiger partial charge in [-0.1, -0.05) is 6.08 Å². The molecule has 4 nitrogen and oxygen atoms in total. The zero-order chi connectivity index (χ0) is 12.1. The summed E-state index contributed by atoms with van der Waals surface area (Å²) in [6.45, 7) is 3.46. The lowest BCUT2D eigenvalue weighted by Crippen LogP contribution is -2.11. The van der Waals surface area contributed by atoms with E-state index in [2.05, 4.69) is 0 Å². The third-order valence-electron chi connectivity index (χ3n) is 2.13. The lowest BCUT2D eigenvalue weighted by molar-refractivity contribution is -0.130. The Morgan fingerprint density at radius 2 is 1.94 bits per heavy atom. The summed E-state index contributed by atoms with van der Waals surface area (Å²) < 4.78 is 5.08. The van der Waals surface area contributed by atoms with Crippen LogP contribution in [0.3, 0.4) is 0 Å². The zero-order valence-electron chi connectivity index (χ0n) is 9.28. The average Bonchev–Trinajstić information content (AvgIpc) is 2.28. The van der Waals surface area contributed by atoms with Gasteiger partial charge in [0.05, 0.1) is 0 Å². The van der Waals surface area contributed by atoms with E-state index in [0.717, 1.165) is 0 Å². The second-order valence-corrected chi connectivity index (χ2v) is 3.30. The molecule has 0 bridgehead atoms. The van der Waals surface area contributed by atoms with Crippen LogP contribution in [0.15, 0.2) is 35.9 Å². The number of amidine groups is 1. The molecule has 0 aromatic heterocycles. The zero-order valence-corrected chi connectivity index (χ0v) is 9.28. The predicted molar refractivity (Wildman–Crippen MR) is 62.5 cm³/mol. The normalized spacial score (nSPS) is 11.0. The molecule has 84 valence electrons. The van der Waals surface area contributed by atoms with Crippen LogP contribution >= 0.6 is 0 Å². The Balaban J connectivity index is 2.76. The molecule has 0 aliphatic rings. The number of rotatable bonds is 3. The van der Waals surface area contributed by atoms with E-state index < -0.39 is 0 Å². The number of ether oxygens (including phenoxy) is 1. The highest BCUT2D eigenvalue weighted by Crippen LogP contribution is 2.13. The summed E-state index contributed by atoms with van der Waals surface area (Å²) in [5, 5.41) is 7.21. The van der Waals surface area contributed by atoms with Crippen molar-refractivity contribution in [1.29, 1.82) is 5.41 Å². The third-order valence-corrected chi connectivity index (χ3v) is 2.13. The van der Waals surface area contributed by atoms with Crippen molar-refractivity contribution in [1.82, 2.24) is 0 Å². The van der Waals surface area contributed by atoms with Crippen molar-refractivity contribution in [2.24, 2.45) is 5.73 Å². The van der Waals surface area contributed by atoms with Crippen LogP contribution in [0.1, 0.15) is 19.4 Å². The van der Waals surface area contributed by atoms with Gasteiger partial charge in [-0.3, -0.25) is 5.41 Å². The van der Waals surface area contributed by atoms with E-state index in [1.807, 2.05) is 0 Å². The van der Waals surface area contributed by atoms with Crippen LogP contribution in [0.5, 0.6) is 5.75 Å². The van der Waals surface area contributed by atoms with Crippen LogP contribution in [0, 0.1) is 5.41 Å². The van der Waals surface area contributed by atoms with E-state index in [9.17, 15) is 4.79 Å². The topological polar surface area (TPSA) is 76.2 Å². The lowest BCUT2D eigenvalue weighted by Gasteiger charge is -2.04. The van der Waals surface area contributed by atoms with Crippen molar-refractivity contribution >= 4 is 11.8 Å². The molecule has 0 fully saturated rings. The number of allylic oxidation sites excluding steroid dienone is 1. The first-order valence-electron chi connectivity index (χ1n) is 4.84. The fourth-order valence-corrected chi connectivity index (χ4v) is 1.01. The Kier molecular flexibility index (Phi) is 3.83. The molecule has 0 saturated carbocycles. The van der Waals surface area contributed by atoms with E-state index in [0.29, 0.717) is 16.9 Å². The molecule has 3 N–H and O–H groups in total. The monoisotopic (exact) mass is 218 g/mol. The molecule has 0 atom stereocenters. The van der Waals surface area contributed by atoms with E-state index in [1.165, 1.54) is 0 Å². The molecule has 0 spiro atoms. The summed E-state index contributed by atoms with van der Waals surface area (Å²) >= 11 is 0. The number of esters is 1. The summed E-state index contributed by atoms with van der Waals surface area (Å²) in [5.41, 5.74) is 6.45. The van der Waals surface area contributed by atoms with E-state index in [-0.39, 0.29) is 11.8 Å². The molecule has 0 radical (unpaired) electrons. The number of benzene rings is 1. The highest BCUT2D eigenvalue weighted by Gasteiger charge is 2.06. The highest BCUT2D eigenvalue weighted by atomic mass is 16.5. The van der Waals surface area contributed by atoms with Crippen molar-refractivity contribution in [2.75, 3.05) is 0 Å². The van der Waals surface area contributed by atoms with Gasteiger partial charge >= 0.3 is 5.97 Å². The number of carbonyl (C=O) groups is 1. The minimum absolute atomic E-state index is 0.0116. The maximum absolute atomic E-state index is 11.4. The number of nitrogens with one attached hydrogen (secondary N) is 1. The largest absolute Gasteiger partial charge is 0.423 e. The molecule has 1 aromatic carbocycles. The number of carbonyl (C=O) groups excluding carboxylic acids is 1. The molecule has 4 heteroatoms. The first-order chi connectivity index (χ1) is 7.54. The Labute approximate surface area is 94.2 Å². The molecule has 0 amide bonds. The van der Waals surface area contributed by atoms with Gasteiger partial charge in [0.25, 0.3) is 0 Å². The Bertz CT molecular complexity index is 433. The molecular weight excluding hydrogens is 204 g/mol. The molecule has 0 saturated heterocycles. The number of nitrogen functional groups attached to an aromatic ring is 1. The average molecular weight is 218 g/mol. The van der Waals surface area contributed by atoms with Crippen LogP contribution in [0.2, 0.25) is 0 Å². The highest BCUT2D eigenvalue weighted by molar-refractivity contribution is 5.95. The summed E-state index contributed by atoms with van der Waals surface area (Å²) in [7, 11) is 0. The Morgan fingerprint density at radius 1 is 1.38 bits per heavy atom. The van der Waals surface area contributed by atoms with Crippen molar-refractivity contribution < 1.29 is 9.53 Å². The van der Waals surface area contributed by atoms with E-state index >= 15 is 0 Å². The predicted octanol–water partition coefficient (Wildman–Crippen LogP) is 1.84. The second kappa shape index (κ2) is 5.11. The molecule has 0 aliphatic heterocycles. The minimum atomic E-state index is -0.377. The van der Waals surface area contributed by atoms with Crippen molar-refractivity contribution in [3.63, 3.8) is 0 Å². The third kappa shape index (κ3) is 2.95. The van der Waals surface area contributed by atoms with Crippen LogP contribution < -0.4 is 10.5 Å². The molecule has 0 aliphatic carbocycles. The summed E-state index contributed by atoms with van der Waals surface area (Å²) in [6, 6.07) is 6.49. The van der Waals surface area contributed by atoms with Crippen molar-refractivity contribution in [3.05, 3.63) is 41.5 Å². The lowest BCUT2D eigenvalue weighted by atomic mass is 10.2. The molecule has 1 aromatic rings. The summed E-state index contributed by atoms with van der Waals surface area (Å²) in [6.07, 6.45) is 1.69. The van der Waals surface area contributed by atoms with Gasteiger partial charge in [-0.2, -0.15) is 0 Å². The molecule has 0 unspecified atom stereocenters. The van der Waals surface area contributed by atoms with Gasteiger partial charge in [0.15, 0.2) is 0 Å². The number of nitrogens with two attached hydrogens (primary N) is 1. The fraction of sp³-hybridized carbons (Fsp3) is 0.167. The summed E-state index contributed by atoms with van der Waals surface area (Å²) in [5.74, 6) is 0.0526. The maximum Gasteiger partial charge on any atom is 0.338 e. The second-order valence-electron chi connectivity index (χ2n) is 3.30. The van der Waals surface area contributed by atoms with Crippen molar-refractivity contribution in [2.45, 2.75) is 13.8 Å². The minimum Gasteiger partial charge on any atom is -0.423 e. The molecule has 1 rings (SSSR count). The van der Waals surface area contributed by atoms with Crippen molar-refractivity contribution in [3.8, 4) is 5.75 Å². The Morgan fingerprint density at radius 3 is 2.38 bits per heavy atom. The van der Waals surface area contributed by atoms with Crippen LogP contribution in [-0.2, 0) is 4.79 Å². The van der Waals surface area contributed by atoms with Gasteiger partial charge in [0, 0.05) is 11.1 Å². The quantitative estimate of drug-likeness (QED) is 0.267. The smallest absolute Gasteiger partial charge is 0.338 e. The van der Waals surface area contributed by atoms with Gasteiger partial charge in [-0.15, -0.1) is 0 Å². The first kappa shape index (κ1) is 12.0. The van der Waals surface area contributed by atoms with Crippen LogP contribution in [0.25, 0.3) is 0 Å². The van der Waals surface area contributed by atoms with Crippen LogP contribution in [-0.4, -0.2) is 11.8 Å².